The van der Waals surface area contributed by atoms with E-state index in [-0.39, 0.29) is 11.9 Å². The predicted molar refractivity (Wildman–Crippen MR) is 42.4 cm³/mol. The fourth-order valence-electron chi connectivity index (χ4n) is 1.27. The molecule has 2 rings (SSSR count). The van der Waals surface area contributed by atoms with Gasteiger partial charge in [0.25, 0.3) is 6.29 Å². The van der Waals surface area contributed by atoms with Crippen LogP contribution in [0.2, 0.25) is 0 Å². The van der Waals surface area contributed by atoms with Gasteiger partial charge in [-0.15, -0.1) is 0 Å². The van der Waals surface area contributed by atoms with Gasteiger partial charge in [0.15, 0.2) is 0 Å². The second-order valence-corrected chi connectivity index (χ2v) is 3.42. The Hall–Kier alpha value is -1.32. The summed E-state index contributed by atoms with van der Waals surface area (Å²) in [5.41, 5.74) is 0. The minimum absolute atomic E-state index is 0.00713. The van der Waals surface area contributed by atoms with Crippen LogP contribution in [0.4, 0.5) is 0 Å². The van der Waals surface area contributed by atoms with Gasteiger partial charge in [0.1, 0.15) is 0 Å². The zero-order valence-electron chi connectivity index (χ0n) is 7.23. The van der Waals surface area contributed by atoms with E-state index in [0.29, 0.717) is 5.92 Å². The molecule has 0 saturated heterocycles. The van der Waals surface area contributed by atoms with Crippen LogP contribution in [-0.2, 0) is 19.1 Å². The topological polar surface area (TPSA) is 52.6 Å². The molecular weight excluding hydrogens is 172 g/mol. The molecule has 0 spiro atoms. The molecule has 2 aliphatic rings. The lowest BCUT2D eigenvalue weighted by molar-refractivity contribution is -0.174. The van der Waals surface area contributed by atoms with E-state index in [4.69, 9.17) is 4.74 Å². The largest absolute Gasteiger partial charge is 0.421 e. The summed E-state index contributed by atoms with van der Waals surface area (Å²) in [4.78, 5) is 21.8. The SMILES string of the molecule is CC1CC1C(=O)OC1C=CC(=O)O1. The Morgan fingerprint density at radius 3 is 2.85 bits per heavy atom. The third-order valence-electron chi connectivity index (χ3n) is 2.27. The highest BCUT2D eigenvalue weighted by Crippen LogP contribution is 2.39. The maximum Gasteiger partial charge on any atom is 0.334 e. The van der Waals surface area contributed by atoms with Crippen molar-refractivity contribution >= 4 is 11.9 Å². The lowest BCUT2D eigenvalue weighted by Gasteiger charge is -2.08. The lowest BCUT2D eigenvalue weighted by Crippen LogP contribution is -2.19. The standard InChI is InChI=1S/C9H10O4/c1-5-4-6(5)9(11)13-8-3-2-7(10)12-8/h2-3,5-6,8H,4H2,1H3. The van der Waals surface area contributed by atoms with Gasteiger partial charge in [-0.3, -0.25) is 4.79 Å². The predicted octanol–water partition coefficient (Wildman–Crippen LogP) is 0.625. The molecule has 1 fully saturated rings. The van der Waals surface area contributed by atoms with E-state index in [2.05, 4.69) is 4.74 Å². The number of cyclic esters (lactones) is 1. The molecule has 0 aromatic heterocycles. The van der Waals surface area contributed by atoms with Crippen molar-refractivity contribution in [2.24, 2.45) is 11.8 Å². The van der Waals surface area contributed by atoms with Gasteiger partial charge in [-0.05, 0) is 12.3 Å². The molecule has 4 heteroatoms. The molecular formula is C9H10O4. The summed E-state index contributed by atoms with van der Waals surface area (Å²) in [7, 11) is 0. The van der Waals surface area contributed by atoms with Gasteiger partial charge in [-0.2, -0.15) is 0 Å². The van der Waals surface area contributed by atoms with Crippen LogP contribution < -0.4 is 0 Å². The molecule has 0 bridgehead atoms. The molecule has 1 heterocycles. The molecule has 1 aliphatic heterocycles. The van der Waals surface area contributed by atoms with E-state index in [1.807, 2.05) is 6.92 Å². The average Bonchev–Trinajstić information content (AvgIpc) is 2.66. The molecule has 70 valence electrons. The first-order chi connectivity index (χ1) is 6.16. The average molecular weight is 182 g/mol. The second kappa shape index (κ2) is 2.87. The van der Waals surface area contributed by atoms with Gasteiger partial charge in [-0.25, -0.2) is 4.79 Å². The Kier molecular flexibility index (Phi) is 1.83. The first-order valence-electron chi connectivity index (χ1n) is 4.26. The minimum Gasteiger partial charge on any atom is -0.421 e. The van der Waals surface area contributed by atoms with Crippen molar-refractivity contribution in [1.29, 1.82) is 0 Å². The van der Waals surface area contributed by atoms with Crippen molar-refractivity contribution in [3.8, 4) is 0 Å². The Labute approximate surface area is 75.5 Å². The van der Waals surface area contributed by atoms with Crippen molar-refractivity contribution in [3.05, 3.63) is 12.2 Å². The fourth-order valence-corrected chi connectivity index (χ4v) is 1.27. The molecule has 0 amide bonds. The molecule has 13 heavy (non-hydrogen) atoms. The number of esters is 2. The number of carbonyl (C=O) groups is 2. The van der Waals surface area contributed by atoms with Crippen molar-refractivity contribution in [1.82, 2.24) is 0 Å². The second-order valence-electron chi connectivity index (χ2n) is 3.42. The van der Waals surface area contributed by atoms with E-state index >= 15 is 0 Å². The summed E-state index contributed by atoms with van der Waals surface area (Å²) < 4.78 is 9.56. The maximum absolute atomic E-state index is 11.2. The van der Waals surface area contributed by atoms with Crippen LogP contribution >= 0.6 is 0 Å². The first kappa shape index (κ1) is 8.29. The first-order valence-corrected chi connectivity index (χ1v) is 4.26. The molecule has 1 aliphatic carbocycles. The Bertz CT molecular complexity index is 281. The zero-order chi connectivity index (χ0) is 9.42. The van der Waals surface area contributed by atoms with Crippen molar-refractivity contribution in [2.75, 3.05) is 0 Å². The van der Waals surface area contributed by atoms with Crippen molar-refractivity contribution in [2.45, 2.75) is 19.6 Å². The van der Waals surface area contributed by atoms with E-state index in [9.17, 15) is 9.59 Å². The lowest BCUT2D eigenvalue weighted by atomic mass is 10.3. The zero-order valence-corrected chi connectivity index (χ0v) is 7.23. The summed E-state index contributed by atoms with van der Waals surface area (Å²) in [6, 6.07) is 0. The van der Waals surface area contributed by atoms with Gasteiger partial charge in [0.2, 0.25) is 0 Å². The monoisotopic (exact) mass is 182 g/mol. The minimum atomic E-state index is -0.798. The molecule has 0 aromatic rings. The number of ether oxygens (including phenoxy) is 2. The Morgan fingerprint density at radius 1 is 1.69 bits per heavy atom. The Morgan fingerprint density at radius 2 is 2.38 bits per heavy atom. The Balaban J connectivity index is 1.82. The normalized spacial score (nSPS) is 35.8. The van der Waals surface area contributed by atoms with Gasteiger partial charge < -0.3 is 9.47 Å². The van der Waals surface area contributed by atoms with Gasteiger partial charge >= 0.3 is 11.9 Å². The van der Waals surface area contributed by atoms with Crippen LogP contribution in [0, 0.1) is 11.8 Å². The summed E-state index contributed by atoms with van der Waals surface area (Å²) in [5, 5.41) is 0. The molecule has 1 saturated carbocycles. The van der Waals surface area contributed by atoms with Crippen molar-refractivity contribution < 1.29 is 19.1 Å². The summed E-state index contributed by atoms with van der Waals surface area (Å²) in [5.74, 6) is -0.306. The third-order valence-corrected chi connectivity index (χ3v) is 2.27. The highest BCUT2D eigenvalue weighted by molar-refractivity contribution is 5.84. The van der Waals surface area contributed by atoms with Crippen molar-refractivity contribution in [3.63, 3.8) is 0 Å². The summed E-state index contributed by atoms with van der Waals surface area (Å²) in [6.45, 7) is 1.99. The summed E-state index contributed by atoms with van der Waals surface area (Å²) >= 11 is 0. The maximum atomic E-state index is 11.2. The van der Waals surface area contributed by atoms with E-state index in [1.54, 1.807) is 0 Å². The van der Waals surface area contributed by atoms with Crippen LogP contribution in [0.3, 0.4) is 0 Å². The summed E-state index contributed by atoms with van der Waals surface area (Å²) in [6.07, 6.45) is 2.78. The molecule has 0 radical (unpaired) electrons. The number of hydrogen-bond acceptors (Lipinski definition) is 4. The fraction of sp³-hybridized carbons (Fsp3) is 0.556. The van der Waals surface area contributed by atoms with Crippen LogP contribution in [-0.4, -0.2) is 18.2 Å². The molecule has 3 atom stereocenters. The van der Waals surface area contributed by atoms with Gasteiger partial charge in [0.05, 0.1) is 5.92 Å². The highest BCUT2D eigenvalue weighted by atomic mass is 16.7. The molecule has 0 aromatic carbocycles. The quantitative estimate of drug-likeness (QED) is 0.587. The smallest absolute Gasteiger partial charge is 0.334 e. The van der Waals surface area contributed by atoms with Gasteiger partial charge in [-0.1, -0.05) is 6.92 Å². The van der Waals surface area contributed by atoms with E-state index in [0.717, 1.165) is 6.42 Å². The molecule has 4 nitrogen and oxygen atoms in total. The van der Waals surface area contributed by atoms with Crippen LogP contribution in [0.5, 0.6) is 0 Å². The van der Waals surface area contributed by atoms with Gasteiger partial charge in [0, 0.05) is 12.2 Å². The number of hydrogen-bond donors (Lipinski definition) is 0. The number of rotatable bonds is 2. The molecule has 3 unspecified atom stereocenters. The van der Waals surface area contributed by atoms with Crippen LogP contribution in [0.1, 0.15) is 13.3 Å². The van der Waals surface area contributed by atoms with E-state index < -0.39 is 12.3 Å². The van der Waals surface area contributed by atoms with E-state index in [1.165, 1.54) is 12.2 Å². The van der Waals surface area contributed by atoms with Crippen LogP contribution in [0.15, 0.2) is 12.2 Å². The number of carbonyl (C=O) groups excluding carboxylic acids is 2. The third kappa shape index (κ3) is 1.71. The molecule has 0 N–H and O–H groups in total. The highest BCUT2D eigenvalue weighted by Gasteiger charge is 2.41. The van der Waals surface area contributed by atoms with Crippen LogP contribution in [0.25, 0.3) is 0 Å².